The van der Waals surface area contributed by atoms with E-state index in [9.17, 15) is 0 Å². The minimum absolute atomic E-state index is 0. The zero-order chi connectivity index (χ0) is 2.00. The second-order valence-corrected chi connectivity index (χ2v) is 0. The van der Waals surface area contributed by atoms with Crippen LogP contribution in [-0.2, 0) is 34.1 Å². The van der Waals surface area contributed by atoms with E-state index in [0.29, 0.717) is 0 Å². The van der Waals surface area contributed by atoms with Gasteiger partial charge in [0.15, 0.2) is 0 Å². The smallest absolute Gasteiger partial charge is 0.0304 e. The average Bonchev–Trinajstić information content (AvgIpc) is 1.00. The average molecular weight is 155 g/mol. The van der Waals surface area contributed by atoms with Gasteiger partial charge in [-0.25, -0.2) is 0 Å². The van der Waals surface area contributed by atoms with Gasteiger partial charge in [0.1, 0.15) is 0 Å². The predicted molar refractivity (Wildman–Crippen MR) is 18.5 cm³/mol. The summed E-state index contributed by atoms with van der Waals surface area (Å²) < 4.78 is 0. The molecule has 0 spiro atoms. The maximum atomic E-state index is 2.14. The van der Waals surface area contributed by atoms with Crippen molar-refractivity contribution in [3.63, 3.8) is 0 Å². The second-order valence-electron chi connectivity index (χ2n) is 0. The normalized spacial score (nSPS) is 2.00. The number of hydrogen-bond acceptors (Lipinski definition) is 0. The summed E-state index contributed by atoms with van der Waals surface area (Å²) in [7, 11) is 3.44. The number of rotatable bonds is 0. The van der Waals surface area contributed by atoms with Crippen molar-refractivity contribution in [1.29, 1.82) is 0 Å². The Bertz CT molecular complexity index is 8.00. The number of hydrogen-bond donors (Lipinski definition) is 0. The molecule has 0 heterocycles. The van der Waals surface area contributed by atoms with Crippen molar-refractivity contribution in [2.24, 2.45) is 0 Å². The maximum absolute atomic E-state index is 2.14. The SMILES string of the molecule is B[SiH3].[Co].[Cr]. The van der Waals surface area contributed by atoms with Gasteiger partial charge in [-0.1, -0.05) is 0 Å². The standard InChI is InChI=1S/BH5Si.Co.Cr/c1-2;;/h1H2,2H3;;. The molecule has 0 saturated carbocycles. The molecule has 4 heteroatoms. The minimum Gasteiger partial charge on any atom is -0.0304 e. The van der Waals surface area contributed by atoms with Gasteiger partial charge in [0.25, 0.3) is 0 Å². The molecule has 0 N–H and O–H groups in total. The molecule has 0 fully saturated rings. The third-order valence-corrected chi connectivity index (χ3v) is 0. The molecule has 0 unspecified atom stereocenters. The van der Waals surface area contributed by atoms with Gasteiger partial charge >= 0.3 is 0 Å². The van der Waals surface area contributed by atoms with Crippen LogP contribution < -0.4 is 0 Å². The van der Waals surface area contributed by atoms with Crippen LogP contribution in [0.3, 0.4) is 0 Å². The van der Waals surface area contributed by atoms with Crippen molar-refractivity contribution in [3.05, 3.63) is 0 Å². The first-order valence-corrected chi connectivity index (χ1v) is 3.00. The van der Waals surface area contributed by atoms with E-state index in [-0.39, 0.29) is 34.1 Å². The minimum atomic E-state index is 0. The van der Waals surface area contributed by atoms with Crippen molar-refractivity contribution in [1.82, 2.24) is 0 Å². The molecule has 0 aliphatic carbocycles. The molecular formula is H5BCoCrSi. The van der Waals surface area contributed by atoms with Crippen molar-refractivity contribution < 1.29 is 34.1 Å². The fraction of sp³-hybridized carbons (Fsp3) is 0. The molecule has 0 nitrogen and oxygen atoms in total. The Kier molecular flexibility index (Phi) is 126. The Labute approximate surface area is 51.8 Å². The first kappa shape index (κ1) is 18.4. The molecule has 0 saturated heterocycles. The summed E-state index contributed by atoms with van der Waals surface area (Å²) in [6.45, 7) is 0. The van der Waals surface area contributed by atoms with Gasteiger partial charge in [0.05, 0.1) is 7.44 Å². The first-order valence-electron chi connectivity index (χ1n) is 1.00. The van der Waals surface area contributed by atoms with Crippen molar-refractivity contribution >= 4 is 17.6 Å². The molecule has 0 atom stereocenters. The third-order valence-electron chi connectivity index (χ3n) is 0. The van der Waals surface area contributed by atoms with Gasteiger partial charge in [-0.15, -0.1) is 0 Å². The van der Waals surface area contributed by atoms with Crippen LogP contribution in [0.2, 0.25) is 0 Å². The molecule has 4 heavy (non-hydrogen) atoms. The molecule has 1 radical (unpaired) electrons. The van der Waals surface area contributed by atoms with Crippen LogP contribution in [0.15, 0.2) is 0 Å². The topological polar surface area (TPSA) is 0 Å². The summed E-state index contributed by atoms with van der Waals surface area (Å²) in [5.74, 6) is 0. The summed E-state index contributed by atoms with van der Waals surface area (Å²) in [4.78, 5) is 0. The van der Waals surface area contributed by atoms with Gasteiger partial charge < -0.3 is 0 Å². The monoisotopic (exact) mass is 155 g/mol. The van der Waals surface area contributed by atoms with E-state index in [1.807, 2.05) is 0 Å². The fourth-order valence-corrected chi connectivity index (χ4v) is 0. The van der Waals surface area contributed by atoms with E-state index in [1.54, 1.807) is 0 Å². The molecule has 0 aliphatic heterocycles. The van der Waals surface area contributed by atoms with Gasteiger partial charge in [0.2, 0.25) is 0 Å². The Morgan fingerprint density at radius 1 is 1.25 bits per heavy atom. The summed E-state index contributed by atoms with van der Waals surface area (Å²) in [5, 5.41) is 0. The van der Waals surface area contributed by atoms with Crippen molar-refractivity contribution in [2.75, 3.05) is 0 Å². The van der Waals surface area contributed by atoms with Gasteiger partial charge in [-0.2, -0.15) is 0 Å². The predicted octanol–water partition coefficient (Wildman–Crippen LogP) is -2.11. The zero-order valence-electron chi connectivity index (χ0n) is 2.74. The quantitative estimate of drug-likeness (QED) is 0.351. The largest absolute Gasteiger partial charge is 0.0852 e. The Hall–Kier alpha value is 1.32. The van der Waals surface area contributed by atoms with Crippen LogP contribution in [0.1, 0.15) is 0 Å². The summed E-state index contributed by atoms with van der Waals surface area (Å²) >= 11 is 0. The van der Waals surface area contributed by atoms with E-state index in [1.165, 1.54) is 10.1 Å². The Balaban J connectivity index is -0.00000000500. The molecule has 0 rings (SSSR count). The summed E-state index contributed by atoms with van der Waals surface area (Å²) in [5.41, 5.74) is 0. The van der Waals surface area contributed by atoms with Gasteiger partial charge in [-0.3, -0.25) is 0 Å². The van der Waals surface area contributed by atoms with Crippen LogP contribution in [0.25, 0.3) is 0 Å². The zero-order valence-corrected chi connectivity index (χ0v) is 7.06. The fourth-order valence-electron chi connectivity index (χ4n) is 0. The van der Waals surface area contributed by atoms with E-state index < -0.39 is 0 Å². The van der Waals surface area contributed by atoms with E-state index in [4.69, 9.17) is 0 Å². The molecule has 0 aromatic heterocycles. The molecule has 0 aliphatic rings. The van der Waals surface area contributed by atoms with Crippen molar-refractivity contribution in [2.45, 2.75) is 0 Å². The second kappa shape index (κ2) is 27.3. The molecule has 0 aromatic rings. The van der Waals surface area contributed by atoms with Gasteiger partial charge in [-0.05, 0) is 10.1 Å². The Morgan fingerprint density at radius 2 is 1.25 bits per heavy atom. The van der Waals surface area contributed by atoms with Crippen LogP contribution in [0.4, 0.5) is 0 Å². The maximum Gasteiger partial charge on any atom is 0.0852 e. The van der Waals surface area contributed by atoms with Crippen LogP contribution >= 0.6 is 0 Å². The summed E-state index contributed by atoms with van der Waals surface area (Å²) in [6.07, 6.45) is 0. The first-order chi connectivity index (χ1) is 1.00. The van der Waals surface area contributed by atoms with E-state index >= 15 is 0 Å². The van der Waals surface area contributed by atoms with Gasteiger partial charge in [0, 0.05) is 34.1 Å². The third kappa shape index (κ3) is 10.3. The van der Waals surface area contributed by atoms with E-state index in [2.05, 4.69) is 7.44 Å². The van der Waals surface area contributed by atoms with E-state index in [0.717, 1.165) is 0 Å². The van der Waals surface area contributed by atoms with Crippen LogP contribution in [-0.4, -0.2) is 17.6 Å². The molecule has 0 amide bonds. The summed E-state index contributed by atoms with van der Waals surface area (Å²) in [6, 6.07) is 0. The van der Waals surface area contributed by atoms with Crippen molar-refractivity contribution in [3.8, 4) is 0 Å². The van der Waals surface area contributed by atoms with Crippen LogP contribution in [0.5, 0.6) is 0 Å². The molecule has 0 bridgehead atoms. The molecule has 0 aromatic carbocycles. The Morgan fingerprint density at radius 3 is 1.25 bits per heavy atom. The molecule has 27 valence electrons. The van der Waals surface area contributed by atoms with Crippen LogP contribution in [0, 0.1) is 0 Å². The molecular weight excluding hydrogens is 150 g/mol.